The van der Waals surface area contributed by atoms with Crippen LogP contribution in [-0.2, 0) is 11.4 Å². The summed E-state index contributed by atoms with van der Waals surface area (Å²) in [6.07, 6.45) is 7.41. The number of benzene rings is 2. The Morgan fingerprint density at radius 3 is 2.66 bits per heavy atom. The summed E-state index contributed by atoms with van der Waals surface area (Å²) in [4.78, 5) is 14.8. The minimum atomic E-state index is -0.0455. The molecule has 2 aliphatic rings. The van der Waals surface area contributed by atoms with Crippen molar-refractivity contribution in [3.05, 3.63) is 69.8 Å². The lowest BCUT2D eigenvalue weighted by atomic mass is 9.94. The van der Waals surface area contributed by atoms with Gasteiger partial charge in [0.15, 0.2) is 5.11 Å². The summed E-state index contributed by atoms with van der Waals surface area (Å²) in [5, 5.41) is 3.63. The quantitative estimate of drug-likeness (QED) is 0.467. The van der Waals surface area contributed by atoms with E-state index in [0.29, 0.717) is 17.4 Å². The fraction of sp³-hybridized carbons (Fsp3) is 0.304. The van der Waals surface area contributed by atoms with Crippen LogP contribution in [0.4, 0.5) is 0 Å². The van der Waals surface area contributed by atoms with E-state index in [4.69, 9.17) is 17.0 Å². The van der Waals surface area contributed by atoms with Crippen LogP contribution in [0.25, 0.3) is 6.08 Å². The molecule has 1 N–H and O–H groups in total. The van der Waals surface area contributed by atoms with Gasteiger partial charge in [0.2, 0.25) is 0 Å². The van der Waals surface area contributed by atoms with Crippen molar-refractivity contribution in [3.8, 4) is 5.75 Å². The van der Waals surface area contributed by atoms with Gasteiger partial charge in [-0.1, -0.05) is 65.5 Å². The van der Waals surface area contributed by atoms with Crippen LogP contribution in [0.1, 0.15) is 43.2 Å². The smallest absolute Gasteiger partial charge is 0.276 e. The van der Waals surface area contributed by atoms with Gasteiger partial charge in [0.1, 0.15) is 18.1 Å². The van der Waals surface area contributed by atoms with E-state index in [1.807, 2.05) is 54.6 Å². The maximum Gasteiger partial charge on any atom is 0.276 e. The fourth-order valence-corrected chi connectivity index (χ4v) is 4.59. The van der Waals surface area contributed by atoms with Crippen molar-refractivity contribution < 1.29 is 9.53 Å². The van der Waals surface area contributed by atoms with Crippen LogP contribution in [0, 0.1) is 0 Å². The van der Waals surface area contributed by atoms with Gasteiger partial charge in [0.25, 0.3) is 5.91 Å². The van der Waals surface area contributed by atoms with Gasteiger partial charge in [-0.2, -0.15) is 0 Å². The Kier molecular flexibility index (Phi) is 6.31. The second-order valence-electron chi connectivity index (χ2n) is 7.41. The first-order valence-corrected chi connectivity index (χ1v) is 11.1. The third-order valence-corrected chi connectivity index (χ3v) is 6.15. The Morgan fingerprint density at radius 1 is 1.14 bits per heavy atom. The number of amides is 1. The normalized spacial score (nSPS) is 18.9. The van der Waals surface area contributed by atoms with E-state index in [-0.39, 0.29) is 11.9 Å². The van der Waals surface area contributed by atoms with E-state index >= 15 is 0 Å². The lowest BCUT2D eigenvalue weighted by molar-refractivity contribution is -0.124. The van der Waals surface area contributed by atoms with Crippen LogP contribution in [0.15, 0.2) is 58.7 Å². The lowest BCUT2D eigenvalue weighted by Gasteiger charge is -2.29. The highest BCUT2D eigenvalue weighted by Crippen LogP contribution is 2.30. The molecular weight excluding hydrogens is 448 g/mol. The average molecular weight is 471 g/mol. The highest BCUT2D eigenvalue weighted by molar-refractivity contribution is 9.10. The van der Waals surface area contributed by atoms with Crippen molar-refractivity contribution >= 4 is 45.2 Å². The number of thiocarbonyl (C=S) groups is 1. The Balaban J connectivity index is 1.56. The van der Waals surface area contributed by atoms with Crippen molar-refractivity contribution in [2.45, 2.75) is 44.8 Å². The molecule has 1 saturated carbocycles. The van der Waals surface area contributed by atoms with E-state index < -0.39 is 0 Å². The molecule has 29 heavy (non-hydrogen) atoms. The molecule has 1 amide bonds. The van der Waals surface area contributed by atoms with Crippen molar-refractivity contribution in [2.24, 2.45) is 0 Å². The second kappa shape index (κ2) is 9.09. The number of hydrogen-bond acceptors (Lipinski definition) is 3. The number of hydrogen-bond donors (Lipinski definition) is 1. The summed E-state index contributed by atoms with van der Waals surface area (Å²) >= 11 is 8.99. The summed E-state index contributed by atoms with van der Waals surface area (Å²) in [7, 11) is 0. The third-order valence-electron chi connectivity index (χ3n) is 5.36. The van der Waals surface area contributed by atoms with Crippen LogP contribution in [0.3, 0.4) is 0 Å². The summed E-state index contributed by atoms with van der Waals surface area (Å²) in [5.41, 5.74) is 2.43. The Labute approximate surface area is 185 Å². The Hall–Kier alpha value is -2.18. The fourth-order valence-electron chi connectivity index (χ4n) is 3.87. The monoisotopic (exact) mass is 470 g/mol. The van der Waals surface area contributed by atoms with Gasteiger partial charge in [-0.15, -0.1) is 0 Å². The van der Waals surface area contributed by atoms with E-state index in [2.05, 4.69) is 21.2 Å². The van der Waals surface area contributed by atoms with Crippen molar-refractivity contribution in [1.29, 1.82) is 0 Å². The molecule has 150 valence electrons. The lowest BCUT2D eigenvalue weighted by Crippen LogP contribution is -2.41. The number of ether oxygens (including phenoxy) is 1. The zero-order valence-electron chi connectivity index (χ0n) is 16.1. The molecular formula is C23H23BrN2O2S. The standard InChI is InChI=1S/C23H23BrN2O2S/c24-18-11-12-21(28-15-16-7-3-1-4-8-16)17(13-18)14-20-22(27)26(23(29)25-20)19-9-5-2-6-10-19/h1,3-4,7-8,11-14,19H,2,5-6,9-10,15H2,(H,25,29)/b20-14-. The highest BCUT2D eigenvalue weighted by atomic mass is 79.9. The summed E-state index contributed by atoms with van der Waals surface area (Å²) in [5.74, 6) is 0.678. The van der Waals surface area contributed by atoms with Crippen LogP contribution in [0.5, 0.6) is 5.75 Å². The van der Waals surface area contributed by atoms with Gasteiger partial charge in [-0.25, -0.2) is 0 Å². The minimum Gasteiger partial charge on any atom is -0.488 e. The van der Waals surface area contributed by atoms with Crippen LogP contribution in [-0.4, -0.2) is 22.0 Å². The number of carbonyl (C=O) groups is 1. The molecule has 0 spiro atoms. The first-order chi connectivity index (χ1) is 14.1. The molecule has 4 rings (SSSR count). The number of rotatable bonds is 5. The largest absolute Gasteiger partial charge is 0.488 e. The molecule has 1 heterocycles. The van der Waals surface area contributed by atoms with Gasteiger partial charge in [-0.3, -0.25) is 9.69 Å². The van der Waals surface area contributed by atoms with Gasteiger partial charge >= 0.3 is 0 Å². The molecule has 2 aromatic carbocycles. The molecule has 0 atom stereocenters. The number of carbonyl (C=O) groups excluding carboxylic acids is 1. The predicted molar refractivity (Wildman–Crippen MR) is 122 cm³/mol. The first kappa shape index (κ1) is 20.1. The average Bonchev–Trinajstić information content (AvgIpc) is 3.02. The molecule has 2 aromatic rings. The van der Waals surface area contributed by atoms with E-state index in [1.165, 1.54) is 6.42 Å². The maximum absolute atomic E-state index is 13.1. The second-order valence-corrected chi connectivity index (χ2v) is 8.71. The number of halogens is 1. The number of nitrogens with one attached hydrogen (secondary N) is 1. The highest BCUT2D eigenvalue weighted by Gasteiger charge is 2.36. The molecule has 1 saturated heterocycles. The Bertz CT molecular complexity index is 939. The van der Waals surface area contributed by atoms with Crippen molar-refractivity contribution in [2.75, 3.05) is 0 Å². The molecule has 1 aliphatic heterocycles. The maximum atomic E-state index is 13.1. The minimum absolute atomic E-state index is 0.0455. The molecule has 2 fully saturated rings. The first-order valence-electron chi connectivity index (χ1n) is 9.94. The topological polar surface area (TPSA) is 41.6 Å². The van der Waals surface area contributed by atoms with Crippen molar-refractivity contribution in [1.82, 2.24) is 10.2 Å². The van der Waals surface area contributed by atoms with Gasteiger partial charge in [0.05, 0.1) is 0 Å². The number of nitrogens with zero attached hydrogens (tertiary/aromatic N) is 1. The predicted octanol–water partition coefficient (Wildman–Crippen LogP) is 5.42. The van der Waals surface area contributed by atoms with E-state index in [9.17, 15) is 4.79 Å². The third kappa shape index (κ3) is 4.70. The van der Waals surface area contributed by atoms with E-state index in [0.717, 1.165) is 47.0 Å². The SMILES string of the molecule is O=C1/C(=C/c2cc(Br)ccc2OCc2ccccc2)NC(=S)N1C1CCCCC1. The molecule has 0 aromatic heterocycles. The van der Waals surface area contributed by atoms with Crippen LogP contribution >= 0.6 is 28.1 Å². The zero-order chi connectivity index (χ0) is 20.2. The summed E-state index contributed by atoms with van der Waals surface area (Å²) in [6, 6.07) is 16.0. The Morgan fingerprint density at radius 2 is 1.90 bits per heavy atom. The molecule has 0 bridgehead atoms. The summed E-state index contributed by atoms with van der Waals surface area (Å²) < 4.78 is 6.97. The molecule has 1 aliphatic carbocycles. The van der Waals surface area contributed by atoms with Crippen molar-refractivity contribution in [3.63, 3.8) is 0 Å². The molecule has 4 nitrogen and oxygen atoms in total. The van der Waals surface area contributed by atoms with Gasteiger partial charge < -0.3 is 10.1 Å². The molecule has 6 heteroatoms. The molecule has 0 radical (unpaired) electrons. The summed E-state index contributed by atoms with van der Waals surface area (Å²) in [6.45, 7) is 0.465. The molecule has 0 unspecified atom stereocenters. The van der Waals surface area contributed by atoms with Gasteiger partial charge in [0, 0.05) is 16.1 Å². The van der Waals surface area contributed by atoms with Crippen LogP contribution < -0.4 is 10.1 Å². The van der Waals surface area contributed by atoms with Gasteiger partial charge in [-0.05, 0) is 54.9 Å². The van der Waals surface area contributed by atoms with E-state index in [1.54, 1.807) is 4.90 Å². The van der Waals surface area contributed by atoms with Crippen LogP contribution in [0.2, 0.25) is 0 Å². The zero-order valence-corrected chi connectivity index (χ0v) is 18.5.